The number of anilines is 2. The van der Waals surface area contributed by atoms with Gasteiger partial charge in [-0.25, -0.2) is 4.99 Å². The molecular formula is C18H25N5. The summed E-state index contributed by atoms with van der Waals surface area (Å²) in [6.07, 6.45) is 1.77. The Bertz CT molecular complexity index is 677. The summed E-state index contributed by atoms with van der Waals surface area (Å²) in [5.41, 5.74) is 10.2. The van der Waals surface area contributed by atoms with Gasteiger partial charge in [-0.1, -0.05) is 26.0 Å². The highest BCUT2D eigenvalue weighted by atomic mass is 15.1. The van der Waals surface area contributed by atoms with Gasteiger partial charge in [0.15, 0.2) is 5.96 Å². The summed E-state index contributed by atoms with van der Waals surface area (Å²) < 4.78 is 0. The van der Waals surface area contributed by atoms with Gasteiger partial charge in [0.25, 0.3) is 0 Å². The van der Waals surface area contributed by atoms with Crippen molar-refractivity contribution in [1.29, 1.82) is 0 Å². The van der Waals surface area contributed by atoms with Crippen molar-refractivity contribution in [3.05, 3.63) is 53.9 Å². The van der Waals surface area contributed by atoms with Crippen LogP contribution in [0.15, 0.2) is 47.6 Å². The average molecular weight is 311 g/mol. The molecule has 2 aromatic rings. The fourth-order valence-corrected chi connectivity index (χ4v) is 2.28. The number of rotatable bonds is 5. The number of guanidine groups is 1. The highest BCUT2D eigenvalue weighted by Crippen LogP contribution is 2.19. The van der Waals surface area contributed by atoms with Crippen molar-refractivity contribution in [1.82, 2.24) is 4.98 Å². The lowest BCUT2D eigenvalue weighted by atomic mass is 10.0. The number of hydrogen-bond acceptors (Lipinski definition) is 3. The van der Waals surface area contributed by atoms with Gasteiger partial charge >= 0.3 is 0 Å². The predicted octanol–water partition coefficient (Wildman–Crippen LogP) is 3.20. The maximum atomic E-state index is 6.00. The van der Waals surface area contributed by atoms with E-state index in [1.807, 2.05) is 43.3 Å². The molecule has 0 saturated heterocycles. The molecule has 0 bridgehead atoms. The Morgan fingerprint density at radius 3 is 2.74 bits per heavy atom. The lowest BCUT2D eigenvalue weighted by molar-refractivity contribution is 0.867. The minimum absolute atomic E-state index is 0.390. The Kier molecular flexibility index (Phi) is 5.57. The van der Waals surface area contributed by atoms with Crippen LogP contribution in [-0.2, 0) is 6.54 Å². The van der Waals surface area contributed by atoms with Gasteiger partial charge in [-0.2, -0.15) is 0 Å². The number of nitrogens with zero attached hydrogens (tertiary/aromatic N) is 3. The molecule has 0 unspecified atom stereocenters. The Labute approximate surface area is 138 Å². The van der Waals surface area contributed by atoms with Gasteiger partial charge in [0.1, 0.15) is 0 Å². The summed E-state index contributed by atoms with van der Waals surface area (Å²) in [6.45, 7) is 4.78. The second-order valence-electron chi connectivity index (χ2n) is 5.97. The van der Waals surface area contributed by atoms with E-state index in [2.05, 4.69) is 41.3 Å². The van der Waals surface area contributed by atoms with E-state index in [0.717, 1.165) is 17.1 Å². The SMILES string of the molecule is CC(C)c1cccc(NC(N)=NCc2ncccc2N(C)C)c1. The lowest BCUT2D eigenvalue weighted by Gasteiger charge is -2.15. The second-order valence-corrected chi connectivity index (χ2v) is 5.97. The average Bonchev–Trinajstić information content (AvgIpc) is 2.53. The van der Waals surface area contributed by atoms with Gasteiger partial charge in [-0.15, -0.1) is 0 Å². The molecule has 0 spiro atoms. The fourth-order valence-electron chi connectivity index (χ4n) is 2.28. The fraction of sp³-hybridized carbons (Fsp3) is 0.333. The third-order valence-corrected chi connectivity index (χ3v) is 3.57. The van der Waals surface area contributed by atoms with Gasteiger partial charge in [0.2, 0.25) is 0 Å². The van der Waals surface area contributed by atoms with Crippen molar-refractivity contribution < 1.29 is 0 Å². The van der Waals surface area contributed by atoms with Crippen LogP contribution in [0, 0.1) is 0 Å². The molecule has 3 N–H and O–H groups in total. The van der Waals surface area contributed by atoms with Crippen molar-refractivity contribution in [2.45, 2.75) is 26.3 Å². The van der Waals surface area contributed by atoms with E-state index in [0.29, 0.717) is 18.4 Å². The van der Waals surface area contributed by atoms with E-state index in [-0.39, 0.29) is 0 Å². The highest BCUT2D eigenvalue weighted by Gasteiger charge is 2.05. The number of aliphatic imine (C=N–C) groups is 1. The summed E-state index contributed by atoms with van der Waals surface area (Å²) in [7, 11) is 3.98. The standard InChI is InChI=1S/C18H25N5/c1-13(2)14-7-5-8-15(11-14)22-18(19)21-12-16-17(23(3)4)9-6-10-20-16/h5-11,13H,12H2,1-4H3,(H3,19,21,22). The van der Waals surface area contributed by atoms with Gasteiger partial charge in [0.05, 0.1) is 17.9 Å². The van der Waals surface area contributed by atoms with E-state index in [9.17, 15) is 0 Å². The molecule has 0 aliphatic rings. The first-order valence-corrected chi connectivity index (χ1v) is 7.75. The highest BCUT2D eigenvalue weighted by molar-refractivity contribution is 5.92. The van der Waals surface area contributed by atoms with E-state index in [4.69, 9.17) is 5.73 Å². The maximum absolute atomic E-state index is 6.00. The third kappa shape index (κ3) is 4.71. The molecule has 5 heteroatoms. The van der Waals surface area contributed by atoms with Crippen molar-refractivity contribution in [2.24, 2.45) is 10.7 Å². The molecule has 1 aromatic carbocycles. The van der Waals surface area contributed by atoms with Gasteiger partial charge < -0.3 is 16.0 Å². The number of benzene rings is 1. The summed E-state index contributed by atoms with van der Waals surface area (Å²) in [4.78, 5) is 10.8. The third-order valence-electron chi connectivity index (χ3n) is 3.57. The molecule has 0 fully saturated rings. The van der Waals surface area contributed by atoms with E-state index < -0.39 is 0 Å². The Morgan fingerprint density at radius 2 is 2.04 bits per heavy atom. The summed E-state index contributed by atoms with van der Waals surface area (Å²) in [6, 6.07) is 12.2. The zero-order valence-electron chi connectivity index (χ0n) is 14.2. The van der Waals surface area contributed by atoms with Crippen LogP contribution in [0.1, 0.15) is 31.0 Å². The molecule has 1 aromatic heterocycles. The summed E-state index contributed by atoms with van der Waals surface area (Å²) >= 11 is 0. The first-order chi connectivity index (χ1) is 11.0. The van der Waals surface area contributed by atoms with Crippen LogP contribution in [0.5, 0.6) is 0 Å². The molecule has 0 aliphatic carbocycles. The second kappa shape index (κ2) is 7.63. The molecule has 122 valence electrons. The predicted molar refractivity (Wildman–Crippen MR) is 98.0 cm³/mol. The maximum Gasteiger partial charge on any atom is 0.193 e. The van der Waals surface area contributed by atoms with Crippen LogP contribution in [0.4, 0.5) is 11.4 Å². The molecule has 2 rings (SSSR count). The molecule has 0 atom stereocenters. The molecule has 23 heavy (non-hydrogen) atoms. The summed E-state index contributed by atoms with van der Waals surface area (Å²) in [5, 5.41) is 3.14. The first-order valence-electron chi connectivity index (χ1n) is 7.75. The van der Waals surface area contributed by atoms with Crippen molar-refractivity contribution in [3.63, 3.8) is 0 Å². The van der Waals surface area contributed by atoms with Gasteiger partial charge in [-0.3, -0.25) is 4.98 Å². The van der Waals surface area contributed by atoms with E-state index in [1.165, 1.54) is 5.56 Å². The minimum Gasteiger partial charge on any atom is -0.376 e. The van der Waals surface area contributed by atoms with Crippen molar-refractivity contribution in [2.75, 3.05) is 24.3 Å². The van der Waals surface area contributed by atoms with Gasteiger partial charge in [-0.05, 0) is 35.7 Å². The molecular weight excluding hydrogens is 286 g/mol. The normalized spacial score (nSPS) is 11.6. The number of hydrogen-bond donors (Lipinski definition) is 2. The lowest BCUT2D eigenvalue weighted by Crippen LogP contribution is -2.23. The van der Waals surface area contributed by atoms with Crippen molar-refractivity contribution in [3.8, 4) is 0 Å². The number of nitrogens with one attached hydrogen (secondary N) is 1. The molecule has 0 aliphatic heterocycles. The zero-order valence-corrected chi connectivity index (χ0v) is 14.2. The van der Waals surface area contributed by atoms with Crippen LogP contribution in [0.3, 0.4) is 0 Å². The topological polar surface area (TPSA) is 66.5 Å². The molecule has 0 saturated carbocycles. The first kappa shape index (κ1) is 16.8. The number of pyridine rings is 1. The Morgan fingerprint density at radius 1 is 1.26 bits per heavy atom. The van der Waals surface area contributed by atoms with Gasteiger partial charge in [0, 0.05) is 26.0 Å². The van der Waals surface area contributed by atoms with E-state index >= 15 is 0 Å². The van der Waals surface area contributed by atoms with Crippen LogP contribution in [0.2, 0.25) is 0 Å². The zero-order chi connectivity index (χ0) is 16.8. The van der Waals surface area contributed by atoms with Crippen LogP contribution < -0.4 is 16.0 Å². The Balaban J connectivity index is 2.08. The van der Waals surface area contributed by atoms with Crippen molar-refractivity contribution >= 4 is 17.3 Å². The molecule has 0 amide bonds. The minimum atomic E-state index is 0.390. The quantitative estimate of drug-likeness (QED) is 0.657. The van der Waals surface area contributed by atoms with E-state index in [1.54, 1.807) is 6.20 Å². The summed E-state index contributed by atoms with van der Waals surface area (Å²) in [5.74, 6) is 0.868. The molecule has 0 radical (unpaired) electrons. The van der Waals surface area contributed by atoms with Crippen LogP contribution >= 0.6 is 0 Å². The Hall–Kier alpha value is -2.56. The monoisotopic (exact) mass is 311 g/mol. The largest absolute Gasteiger partial charge is 0.376 e. The van der Waals surface area contributed by atoms with Crippen LogP contribution in [0.25, 0.3) is 0 Å². The molecule has 1 heterocycles. The number of nitrogens with two attached hydrogens (primary N) is 1. The number of aromatic nitrogens is 1. The molecule has 5 nitrogen and oxygen atoms in total. The smallest absolute Gasteiger partial charge is 0.193 e. The van der Waals surface area contributed by atoms with Crippen LogP contribution in [-0.4, -0.2) is 25.0 Å².